The molecule has 0 fully saturated rings. The number of nitro benzene ring substituents is 2. The quantitative estimate of drug-likeness (QED) is 0.405. The van der Waals surface area contributed by atoms with Crippen LogP contribution in [0.25, 0.3) is 0 Å². The summed E-state index contributed by atoms with van der Waals surface area (Å²) in [5.74, 6) is 0. The summed E-state index contributed by atoms with van der Waals surface area (Å²) < 4.78 is 40.5. The molecule has 0 aliphatic rings. The molecule has 142 valence electrons. The van der Waals surface area contributed by atoms with Gasteiger partial charge in [-0.1, -0.05) is 11.6 Å². The van der Waals surface area contributed by atoms with Gasteiger partial charge in [-0.2, -0.15) is 13.2 Å². The zero-order chi connectivity index (χ0) is 20.5. The number of anilines is 2. The van der Waals surface area contributed by atoms with E-state index in [0.717, 1.165) is 0 Å². The van der Waals surface area contributed by atoms with Gasteiger partial charge in [0.15, 0.2) is 0 Å². The maximum Gasteiger partial charge on any atom is 0.418 e. The van der Waals surface area contributed by atoms with E-state index in [-0.39, 0.29) is 28.7 Å². The summed E-state index contributed by atoms with van der Waals surface area (Å²) in [7, 11) is 0. The Morgan fingerprint density at radius 2 is 1.74 bits per heavy atom. The number of nitro groups is 2. The number of hydrogen-bond donors (Lipinski definition) is 0. The number of benzene rings is 2. The second kappa shape index (κ2) is 7.19. The first kappa shape index (κ1) is 20.1. The van der Waals surface area contributed by atoms with Gasteiger partial charge in [0.25, 0.3) is 5.69 Å². The van der Waals surface area contributed by atoms with Crippen LogP contribution in [-0.2, 0) is 11.0 Å². The standard InChI is InChI=1S/C15H9ClF3N3O5/c1-8-4-9(16)2-3-12(8)20(7-23)14-11(15(17,18)19)5-10(21(24)25)6-13(14)22(26)27/h2-7H,1H3. The van der Waals surface area contributed by atoms with Crippen LogP contribution in [0.15, 0.2) is 30.3 Å². The molecular formula is C15H9ClF3N3O5. The van der Waals surface area contributed by atoms with E-state index in [1.54, 1.807) is 0 Å². The number of carbonyl (C=O) groups excluding carboxylic acids is 1. The van der Waals surface area contributed by atoms with Gasteiger partial charge in [0.2, 0.25) is 6.41 Å². The van der Waals surface area contributed by atoms with E-state index in [2.05, 4.69) is 0 Å². The van der Waals surface area contributed by atoms with Crippen LogP contribution < -0.4 is 4.90 Å². The Morgan fingerprint density at radius 3 is 2.19 bits per heavy atom. The number of non-ortho nitro benzene ring substituents is 1. The molecule has 0 N–H and O–H groups in total. The fourth-order valence-corrected chi connectivity index (χ4v) is 2.66. The molecule has 2 aromatic carbocycles. The lowest BCUT2D eigenvalue weighted by Gasteiger charge is -2.23. The molecule has 0 aliphatic carbocycles. The fraction of sp³-hybridized carbons (Fsp3) is 0.133. The topological polar surface area (TPSA) is 107 Å². The van der Waals surface area contributed by atoms with Crippen LogP contribution in [0.5, 0.6) is 0 Å². The predicted octanol–water partition coefficient (Wildman–Crippen LogP) is 4.78. The van der Waals surface area contributed by atoms with Crippen LogP contribution in [0.3, 0.4) is 0 Å². The third-order valence-corrected chi connectivity index (χ3v) is 3.79. The van der Waals surface area contributed by atoms with E-state index in [0.29, 0.717) is 11.0 Å². The maximum absolute atomic E-state index is 13.5. The highest BCUT2D eigenvalue weighted by Crippen LogP contribution is 2.46. The summed E-state index contributed by atoms with van der Waals surface area (Å²) in [5.41, 5.74) is -5.02. The second-order valence-corrected chi connectivity index (χ2v) is 5.72. The lowest BCUT2D eigenvalue weighted by molar-refractivity contribution is -0.394. The molecule has 0 heterocycles. The van der Waals surface area contributed by atoms with E-state index in [9.17, 15) is 38.2 Å². The van der Waals surface area contributed by atoms with Crippen molar-refractivity contribution in [1.82, 2.24) is 0 Å². The molecule has 2 rings (SSSR count). The lowest BCUT2D eigenvalue weighted by atomic mass is 10.1. The molecular weight excluding hydrogens is 395 g/mol. The molecule has 12 heteroatoms. The molecule has 0 aliphatic heterocycles. The third kappa shape index (κ3) is 3.97. The number of rotatable bonds is 5. The number of halogens is 4. The Kier molecular flexibility index (Phi) is 5.36. The monoisotopic (exact) mass is 403 g/mol. The van der Waals surface area contributed by atoms with Crippen molar-refractivity contribution in [2.75, 3.05) is 4.90 Å². The SMILES string of the molecule is Cc1cc(Cl)ccc1N(C=O)c1c([N+](=O)[O-])cc([N+](=O)[O-])cc1C(F)(F)F. The molecule has 0 radical (unpaired) electrons. The highest BCUT2D eigenvalue weighted by Gasteiger charge is 2.42. The van der Waals surface area contributed by atoms with Crippen LogP contribution in [0.2, 0.25) is 5.02 Å². The average molecular weight is 404 g/mol. The van der Waals surface area contributed by atoms with Crippen molar-refractivity contribution in [2.45, 2.75) is 13.1 Å². The summed E-state index contributed by atoms with van der Waals surface area (Å²) in [5, 5.41) is 22.4. The largest absolute Gasteiger partial charge is 0.418 e. The molecule has 0 unspecified atom stereocenters. The van der Waals surface area contributed by atoms with Gasteiger partial charge in [-0.25, -0.2) is 0 Å². The molecule has 0 spiro atoms. The Balaban J connectivity index is 2.92. The van der Waals surface area contributed by atoms with Gasteiger partial charge in [-0.05, 0) is 30.7 Å². The number of amides is 1. The molecule has 2 aromatic rings. The van der Waals surface area contributed by atoms with Gasteiger partial charge in [-0.15, -0.1) is 0 Å². The normalized spacial score (nSPS) is 11.1. The zero-order valence-corrected chi connectivity index (χ0v) is 14.1. The molecule has 8 nitrogen and oxygen atoms in total. The summed E-state index contributed by atoms with van der Waals surface area (Å²) in [6.07, 6.45) is -5.24. The molecule has 0 saturated heterocycles. The van der Waals surface area contributed by atoms with E-state index in [1.807, 2.05) is 0 Å². The van der Waals surface area contributed by atoms with E-state index < -0.39 is 38.6 Å². The number of hydrogen-bond acceptors (Lipinski definition) is 5. The van der Waals surface area contributed by atoms with Gasteiger partial charge in [0.1, 0.15) is 5.69 Å². The van der Waals surface area contributed by atoms with Crippen molar-refractivity contribution < 1.29 is 27.8 Å². The first-order valence-corrected chi connectivity index (χ1v) is 7.40. The van der Waals surface area contributed by atoms with Gasteiger partial charge in [0, 0.05) is 11.1 Å². The molecule has 27 heavy (non-hydrogen) atoms. The smallest absolute Gasteiger partial charge is 0.278 e. The Morgan fingerprint density at radius 1 is 1.11 bits per heavy atom. The number of alkyl halides is 3. The third-order valence-electron chi connectivity index (χ3n) is 3.55. The second-order valence-electron chi connectivity index (χ2n) is 5.28. The number of carbonyl (C=O) groups is 1. The minimum Gasteiger partial charge on any atom is -0.278 e. The first-order chi connectivity index (χ1) is 12.5. The maximum atomic E-state index is 13.5. The van der Waals surface area contributed by atoms with Crippen LogP contribution in [-0.4, -0.2) is 16.3 Å². The molecule has 0 bridgehead atoms. The molecule has 1 amide bonds. The van der Waals surface area contributed by atoms with Gasteiger partial charge < -0.3 is 0 Å². The number of nitrogens with zero attached hydrogens (tertiary/aromatic N) is 3. The highest BCUT2D eigenvalue weighted by atomic mass is 35.5. The lowest BCUT2D eigenvalue weighted by Crippen LogP contribution is -2.22. The van der Waals surface area contributed by atoms with Gasteiger partial charge in [0.05, 0.1) is 27.2 Å². The van der Waals surface area contributed by atoms with E-state index in [4.69, 9.17) is 11.6 Å². The van der Waals surface area contributed by atoms with Crippen molar-refractivity contribution in [3.8, 4) is 0 Å². The Hall–Kier alpha value is -3.21. The van der Waals surface area contributed by atoms with Gasteiger partial charge in [-0.3, -0.25) is 29.9 Å². The summed E-state index contributed by atoms with van der Waals surface area (Å²) >= 11 is 5.78. The minimum atomic E-state index is -5.20. The number of aryl methyl sites for hydroxylation is 1. The van der Waals surface area contributed by atoms with Crippen molar-refractivity contribution in [2.24, 2.45) is 0 Å². The van der Waals surface area contributed by atoms with Crippen LogP contribution in [0, 0.1) is 27.2 Å². The minimum absolute atomic E-state index is 0.0420. The molecule has 0 aromatic heterocycles. The van der Waals surface area contributed by atoms with Crippen molar-refractivity contribution >= 4 is 40.8 Å². The van der Waals surface area contributed by atoms with Crippen molar-refractivity contribution in [1.29, 1.82) is 0 Å². The molecule has 0 saturated carbocycles. The highest BCUT2D eigenvalue weighted by molar-refractivity contribution is 6.30. The Bertz CT molecular complexity index is 949. The summed E-state index contributed by atoms with van der Waals surface area (Å²) in [6, 6.07) is 4.34. The predicted molar refractivity (Wildman–Crippen MR) is 89.1 cm³/mol. The van der Waals surface area contributed by atoms with Crippen LogP contribution in [0.1, 0.15) is 11.1 Å². The van der Waals surface area contributed by atoms with Crippen molar-refractivity contribution in [3.63, 3.8) is 0 Å². The zero-order valence-electron chi connectivity index (χ0n) is 13.4. The summed E-state index contributed by atoms with van der Waals surface area (Å²) in [6.45, 7) is 1.43. The average Bonchev–Trinajstić information content (AvgIpc) is 2.55. The first-order valence-electron chi connectivity index (χ1n) is 7.02. The molecule has 0 atom stereocenters. The van der Waals surface area contributed by atoms with Crippen molar-refractivity contribution in [3.05, 3.63) is 66.7 Å². The van der Waals surface area contributed by atoms with E-state index in [1.165, 1.54) is 25.1 Å². The van der Waals surface area contributed by atoms with E-state index >= 15 is 0 Å². The summed E-state index contributed by atoms with van der Waals surface area (Å²) in [4.78, 5) is 31.8. The Labute approximate surface area is 154 Å². The van der Waals surface area contributed by atoms with Gasteiger partial charge >= 0.3 is 11.9 Å². The van der Waals surface area contributed by atoms with Crippen LogP contribution >= 0.6 is 11.6 Å². The fourth-order valence-electron chi connectivity index (χ4n) is 2.44. The van der Waals surface area contributed by atoms with Crippen LogP contribution in [0.4, 0.5) is 35.9 Å².